The van der Waals surface area contributed by atoms with Crippen LogP contribution in [0.4, 0.5) is 0 Å². The summed E-state index contributed by atoms with van der Waals surface area (Å²) < 4.78 is 0. The zero-order valence-electron chi connectivity index (χ0n) is 11.1. The van der Waals surface area contributed by atoms with E-state index in [1.54, 1.807) is 0 Å². The molecule has 0 aromatic carbocycles. The largest absolute Gasteiger partial charge is 0.316 e. The second-order valence-corrected chi connectivity index (χ2v) is 6.16. The summed E-state index contributed by atoms with van der Waals surface area (Å²) in [7, 11) is 2.25. The molecule has 0 aliphatic carbocycles. The second kappa shape index (κ2) is 5.03. The topological polar surface area (TPSA) is 18.5 Å². The van der Waals surface area contributed by atoms with Gasteiger partial charge in [-0.15, -0.1) is 0 Å². The van der Waals surface area contributed by atoms with Gasteiger partial charge in [0.25, 0.3) is 0 Å². The van der Waals surface area contributed by atoms with Crippen molar-refractivity contribution in [1.29, 1.82) is 0 Å². The predicted octanol–water partition coefficient (Wildman–Crippen LogP) is 1.01. The Labute approximate surface area is 100 Å². The van der Waals surface area contributed by atoms with Crippen LogP contribution >= 0.6 is 0 Å². The summed E-state index contributed by atoms with van der Waals surface area (Å²) in [6.07, 6.45) is 2.77. The number of piperazine rings is 1. The second-order valence-electron chi connectivity index (χ2n) is 6.16. The highest BCUT2D eigenvalue weighted by Gasteiger charge is 2.30. The monoisotopic (exact) mass is 225 g/mol. The first-order valence-corrected chi connectivity index (χ1v) is 6.72. The van der Waals surface area contributed by atoms with E-state index in [1.165, 1.54) is 52.1 Å². The van der Waals surface area contributed by atoms with Crippen molar-refractivity contribution in [2.24, 2.45) is 5.92 Å². The van der Waals surface area contributed by atoms with E-state index in [0.717, 1.165) is 5.92 Å². The molecule has 1 N–H and O–H groups in total. The van der Waals surface area contributed by atoms with Crippen LogP contribution in [0.25, 0.3) is 0 Å². The molecule has 0 spiro atoms. The van der Waals surface area contributed by atoms with Gasteiger partial charge in [0, 0.05) is 25.2 Å². The van der Waals surface area contributed by atoms with Crippen LogP contribution < -0.4 is 5.32 Å². The van der Waals surface area contributed by atoms with Gasteiger partial charge in [-0.25, -0.2) is 0 Å². The number of hydrogen-bond donors (Lipinski definition) is 1. The van der Waals surface area contributed by atoms with Crippen LogP contribution in [0.1, 0.15) is 26.7 Å². The van der Waals surface area contributed by atoms with Crippen molar-refractivity contribution >= 4 is 0 Å². The van der Waals surface area contributed by atoms with Crippen molar-refractivity contribution in [3.63, 3.8) is 0 Å². The molecule has 1 unspecified atom stereocenters. The maximum Gasteiger partial charge on any atom is 0.0277 e. The highest BCUT2D eigenvalue weighted by Crippen LogP contribution is 2.20. The quantitative estimate of drug-likeness (QED) is 0.773. The van der Waals surface area contributed by atoms with Crippen LogP contribution in [0.15, 0.2) is 0 Å². The lowest BCUT2D eigenvalue weighted by Gasteiger charge is -2.45. The molecule has 94 valence electrons. The number of rotatable bonds is 3. The van der Waals surface area contributed by atoms with Crippen LogP contribution in [0.2, 0.25) is 0 Å². The Hall–Kier alpha value is -0.120. The van der Waals surface area contributed by atoms with E-state index in [-0.39, 0.29) is 0 Å². The van der Waals surface area contributed by atoms with E-state index >= 15 is 0 Å². The van der Waals surface area contributed by atoms with E-state index in [2.05, 4.69) is 36.0 Å². The normalized spacial score (nSPS) is 32.1. The van der Waals surface area contributed by atoms with Gasteiger partial charge in [0.05, 0.1) is 0 Å². The molecular formula is C13H27N3. The van der Waals surface area contributed by atoms with Crippen molar-refractivity contribution in [2.75, 3.05) is 46.3 Å². The molecule has 0 aromatic rings. The van der Waals surface area contributed by atoms with Gasteiger partial charge in [-0.1, -0.05) is 0 Å². The molecule has 2 fully saturated rings. The van der Waals surface area contributed by atoms with Gasteiger partial charge in [-0.3, -0.25) is 4.90 Å². The first-order chi connectivity index (χ1) is 7.58. The summed E-state index contributed by atoms with van der Waals surface area (Å²) in [6.45, 7) is 12.2. The molecule has 2 aliphatic heterocycles. The molecule has 0 amide bonds. The number of nitrogens with zero attached hydrogens (tertiary/aromatic N) is 2. The number of nitrogens with one attached hydrogen (secondary N) is 1. The minimum atomic E-state index is 0.353. The SMILES string of the molecule is CN1CCN(CCC2CCNC2)CC1(C)C. The summed E-state index contributed by atoms with van der Waals surface area (Å²) in [5, 5.41) is 3.46. The highest BCUT2D eigenvalue weighted by molar-refractivity contribution is 4.88. The third-order valence-electron chi connectivity index (χ3n) is 4.41. The smallest absolute Gasteiger partial charge is 0.0277 e. The Morgan fingerprint density at radius 1 is 1.31 bits per heavy atom. The Balaban J connectivity index is 1.74. The van der Waals surface area contributed by atoms with E-state index in [4.69, 9.17) is 0 Å². The third-order valence-corrected chi connectivity index (χ3v) is 4.41. The molecule has 16 heavy (non-hydrogen) atoms. The van der Waals surface area contributed by atoms with Gasteiger partial charge in [0.2, 0.25) is 0 Å². The minimum Gasteiger partial charge on any atom is -0.316 e. The van der Waals surface area contributed by atoms with Crippen LogP contribution in [-0.4, -0.2) is 61.7 Å². The summed E-state index contributed by atoms with van der Waals surface area (Å²) >= 11 is 0. The van der Waals surface area contributed by atoms with Crippen LogP contribution in [0.3, 0.4) is 0 Å². The average Bonchev–Trinajstić information content (AvgIpc) is 2.72. The lowest BCUT2D eigenvalue weighted by Crippen LogP contribution is -2.57. The standard InChI is InChI=1S/C13H27N3/c1-13(2)11-16(9-8-15(13)3)7-5-12-4-6-14-10-12/h12,14H,4-11H2,1-3H3. The molecule has 2 aliphatic rings. The molecule has 0 saturated carbocycles. The van der Waals surface area contributed by atoms with Crippen molar-refractivity contribution in [1.82, 2.24) is 15.1 Å². The first-order valence-electron chi connectivity index (χ1n) is 6.72. The molecule has 0 radical (unpaired) electrons. The van der Waals surface area contributed by atoms with Gasteiger partial charge in [0.1, 0.15) is 0 Å². The van der Waals surface area contributed by atoms with Crippen LogP contribution in [0.5, 0.6) is 0 Å². The van der Waals surface area contributed by atoms with Gasteiger partial charge in [-0.05, 0) is 59.3 Å². The molecule has 2 rings (SSSR count). The fraction of sp³-hybridized carbons (Fsp3) is 1.00. The molecule has 0 aromatic heterocycles. The Morgan fingerprint density at radius 2 is 2.12 bits per heavy atom. The fourth-order valence-corrected chi connectivity index (χ4v) is 2.86. The van der Waals surface area contributed by atoms with Gasteiger partial charge < -0.3 is 10.2 Å². The zero-order valence-corrected chi connectivity index (χ0v) is 11.1. The maximum absolute atomic E-state index is 3.46. The summed E-state index contributed by atoms with van der Waals surface area (Å²) in [5.74, 6) is 0.933. The van der Waals surface area contributed by atoms with Gasteiger partial charge in [0.15, 0.2) is 0 Å². The molecule has 1 atom stereocenters. The predicted molar refractivity (Wildman–Crippen MR) is 68.7 cm³/mol. The zero-order chi connectivity index (χ0) is 11.6. The summed E-state index contributed by atoms with van der Waals surface area (Å²) in [6, 6.07) is 0. The Kier molecular flexibility index (Phi) is 3.88. The van der Waals surface area contributed by atoms with Crippen LogP contribution in [-0.2, 0) is 0 Å². The molecule has 3 heteroatoms. The van der Waals surface area contributed by atoms with E-state index < -0.39 is 0 Å². The number of hydrogen-bond acceptors (Lipinski definition) is 3. The van der Waals surface area contributed by atoms with Gasteiger partial charge >= 0.3 is 0 Å². The lowest BCUT2D eigenvalue weighted by atomic mass is 9.98. The lowest BCUT2D eigenvalue weighted by molar-refractivity contribution is 0.0377. The fourth-order valence-electron chi connectivity index (χ4n) is 2.86. The minimum absolute atomic E-state index is 0.353. The summed E-state index contributed by atoms with van der Waals surface area (Å²) in [4.78, 5) is 5.14. The third kappa shape index (κ3) is 2.96. The maximum atomic E-state index is 3.46. The first kappa shape index (κ1) is 12.3. The Bertz CT molecular complexity index is 221. The number of likely N-dealkylation sites (N-methyl/N-ethyl adjacent to an activating group) is 1. The van der Waals surface area contributed by atoms with Crippen molar-refractivity contribution in [2.45, 2.75) is 32.2 Å². The van der Waals surface area contributed by atoms with Crippen molar-refractivity contribution < 1.29 is 0 Å². The van der Waals surface area contributed by atoms with Crippen LogP contribution in [0, 0.1) is 5.92 Å². The Morgan fingerprint density at radius 3 is 2.75 bits per heavy atom. The summed E-state index contributed by atoms with van der Waals surface area (Å²) in [5.41, 5.74) is 0.353. The van der Waals surface area contributed by atoms with Gasteiger partial charge in [-0.2, -0.15) is 0 Å². The van der Waals surface area contributed by atoms with E-state index in [0.29, 0.717) is 5.54 Å². The molecular weight excluding hydrogens is 198 g/mol. The molecule has 3 nitrogen and oxygen atoms in total. The van der Waals surface area contributed by atoms with E-state index in [9.17, 15) is 0 Å². The van der Waals surface area contributed by atoms with Crippen molar-refractivity contribution in [3.05, 3.63) is 0 Å². The van der Waals surface area contributed by atoms with Crippen molar-refractivity contribution in [3.8, 4) is 0 Å². The highest BCUT2D eigenvalue weighted by atomic mass is 15.3. The average molecular weight is 225 g/mol. The van der Waals surface area contributed by atoms with E-state index in [1.807, 2.05) is 0 Å². The molecule has 2 saturated heterocycles. The molecule has 0 bridgehead atoms. The molecule has 2 heterocycles.